The van der Waals surface area contributed by atoms with Crippen LogP contribution < -0.4 is 0 Å². The van der Waals surface area contributed by atoms with Crippen LogP contribution in [0.5, 0.6) is 0 Å². The maximum Gasteiger partial charge on any atom is 0.123 e. The molecule has 0 atom stereocenters. The van der Waals surface area contributed by atoms with Gasteiger partial charge >= 0.3 is 0 Å². The van der Waals surface area contributed by atoms with Gasteiger partial charge in [-0.05, 0) is 43.7 Å². The lowest BCUT2D eigenvalue weighted by Gasteiger charge is -2.14. The highest BCUT2D eigenvalue weighted by atomic mass is 19.1. The fourth-order valence-corrected chi connectivity index (χ4v) is 2.19. The van der Waals surface area contributed by atoms with Crippen molar-refractivity contribution in [3.05, 3.63) is 35.8 Å². The van der Waals surface area contributed by atoms with Crippen LogP contribution in [0, 0.1) is 5.82 Å². The first-order chi connectivity index (χ1) is 7.74. The molecule has 1 aromatic carbocycles. The Bertz CT molecular complexity index is 514. The summed E-state index contributed by atoms with van der Waals surface area (Å²) < 4.78 is 13.2. The minimum Gasteiger partial charge on any atom is -0.361 e. The number of benzene rings is 1. The number of hydrogen-bond acceptors (Lipinski definition) is 1. The van der Waals surface area contributed by atoms with E-state index in [2.05, 4.69) is 16.9 Å². The van der Waals surface area contributed by atoms with E-state index in [-0.39, 0.29) is 5.82 Å². The summed E-state index contributed by atoms with van der Waals surface area (Å²) in [6, 6.07) is 5.64. The molecular weight excluding hydrogens is 203 g/mol. The van der Waals surface area contributed by atoms with Crippen LogP contribution in [0.1, 0.15) is 18.4 Å². The van der Waals surface area contributed by atoms with Gasteiger partial charge in [-0.1, -0.05) is 0 Å². The molecule has 0 saturated heterocycles. The van der Waals surface area contributed by atoms with Gasteiger partial charge in [0.2, 0.25) is 0 Å². The summed E-state index contributed by atoms with van der Waals surface area (Å²) in [6.45, 7) is 0.897. The van der Waals surface area contributed by atoms with E-state index in [1.54, 1.807) is 12.1 Å². The summed E-state index contributed by atoms with van der Waals surface area (Å²) in [4.78, 5) is 5.53. The molecular formula is C13H15FN2. The Labute approximate surface area is 94.1 Å². The van der Waals surface area contributed by atoms with Crippen LogP contribution in [-0.2, 0) is 6.54 Å². The lowest BCUT2D eigenvalue weighted by atomic mass is 10.1. The zero-order valence-electron chi connectivity index (χ0n) is 9.33. The summed E-state index contributed by atoms with van der Waals surface area (Å²) in [6.07, 6.45) is 4.59. The SMILES string of the molecule is CN(Cc1c[nH]c2ccc(F)cc12)C1CC1. The van der Waals surface area contributed by atoms with E-state index in [0.29, 0.717) is 0 Å². The van der Waals surface area contributed by atoms with Crippen molar-refractivity contribution in [2.75, 3.05) is 7.05 Å². The van der Waals surface area contributed by atoms with E-state index in [1.165, 1.54) is 24.5 Å². The van der Waals surface area contributed by atoms with Gasteiger partial charge in [0.25, 0.3) is 0 Å². The molecule has 0 spiro atoms. The molecule has 1 heterocycles. The van der Waals surface area contributed by atoms with Crippen molar-refractivity contribution < 1.29 is 4.39 Å². The summed E-state index contributed by atoms with van der Waals surface area (Å²) in [5.74, 6) is -0.164. The number of rotatable bonds is 3. The summed E-state index contributed by atoms with van der Waals surface area (Å²) >= 11 is 0. The van der Waals surface area contributed by atoms with E-state index >= 15 is 0 Å². The maximum atomic E-state index is 13.2. The van der Waals surface area contributed by atoms with Crippen molar-refractivity contribution >= 4 is 10.9 Å². The number of nitrogens with one attached hydrogen (secondary N) is 1. The predicted molar refractivity (Wildman–Crippen MR) is 62.7 cm³/mol. The van der Waals surface area contributed by atoms with Gasteiger partial charge in [0.05, 0.1) is 0 Å². The molecule has 0 bridgehead atoms. The van der Waals surface area contributed by atoms with Gasteiger partial charge in [-0.2, -0.15) is 0 Å². The molecule has 0 amide bonds. The van der Waals surface area contributed by atoms with Gasteiger partial charge in [0, 0.05) is 29.7 Å². The number of aromatic nitrogens is 1. The van der Waals surface area contributed by atoms with Crippen LogP contribution in [0.4, 0.5) is 4.39 Å². The second-order valence-corrected chi connectivity index (χ2v) is 4.65. The Balaban J connectivity index is 1.93. The van der Waals surface area contributed by atoms with Crippen molar-refractivity contribution in [3.8, 4) is 0 Å². The highest BCUT2D eigenvalue weighted by Gasteiger charge is 2.26. The number of nitrogens with zero attached hydrogens (tertiary/aromatic N) is 1. The molecule has 0 aliphatic heterocycles. The first-order valence-corrected chi connectivity index (χ1v) is 5.70. The zero-order chi connectivity index (χ0) is 11.1. The molecule has 0 radical (unpaired) electrons. The molecule has 0 unspecified atom stereocenters. The molecule has 1 N–H and O–H groups in total. The molecule has 1 aliphatic carbocycles. The van der Waals surface area contributed by atoms with Gasteiger partial charge in [-0.25, -0.2) is 4.39 Å². The molecule has 1 aliphatic rings. The fraction of sp³-hybridized carbons (Fsp3) is 0.385. The molecule has 3 rings (SSSR count). The maximum absolute atomic E-state index is 13.2. The zero-order valence-corrected chi connectivity index (χ0v) is 9.33. The largest absolute Gasteiger partial charge is 0.361 e. The highest BCUT2D eigenvalue weighted by Crippen LogP contribution is 2.28. The van der Waals surface area contributed by atoms with E-state index < -0.39 is 0 Å². The first kappa shape index (κ1) is 9.85. The standard InChI is InChI=1S/C13H15FN2/c1-16(11-3-4-11)8-9-7-15-13-5-2-10(14)6-12(9)13/h2,5-7,11,15H,3-4,8H2,1H3. The smallest absolute Gasteiger partial charge is 0.123 e. The third-order valence-electron chi connectivity index (χ3n) is 3.32. The third-order valence-corrected chi connectivity index (χ3v) is 3.32. The fourth-order valence-electron chi connectivity index (χ4n) is 2.19. The summed E-state index contributed by atoms with van der Waals surface area (Å²) in [7, 11) is 2.13. The Morgan fingerprint density at radius 2 is 2.25 bits per heavy atom. The molecule has 16 heavy (non-hydrogen) atoms. The molecule has 2 aromatic rings. The van der Waals surface area contributed by atoms with Gasteiger partial charge in [0.15, 0.2) is 0 Å². The summed E-state index contributed by atoms with van der Waals surface area (Å²) in [5.41, 5.74) is 2.20. The molecule has 84 valence electrons. The number of H-pyrrole nitrogens is 1. The topological polar surface area (TPSA) is 19.0 Å². The normalized spacial score (nSPS) is 16.2. The molecule has 2 nitrogen and oxygen atoms in total. The van der Waals surface area contributed by atoms with Crippen LogP contribution in [0.3, 0.4) is 0 Å². The van der Waals surface area contributed by atoms with Gasteiger partial charge < -0.3 is 4.98 Å². The second kappa shape index (κ2) is 3.59. The Morgan fingerprint density at radius 3 is 3.00 bits per heavy atom. The predicted octanol–water partition coefficient (Wildman–Crippen LogP) is 2.90. The lowest BCUT2D eigenvalue weighted by Crippen LogP contribution is -2.19. The quantitative estimate of drug-likeness (QED) is 0.839. The van der Waals surface area contributed by atoms with E-state index in [9.17, 15) is 4.39 Å². The number of fused-ring (bicyclic) bond motifs is 1. The number of hydrogen-bond donors (Lipinski definition) is 1. The lowest BCUT2D eigenvalue weighted by molar-refractivity contribution is 0.317. The van der Waals surface area contributed by atoms with Crippen LogP contribution in [0.2, 0.25) is 0 Å². The van der Waals surface area contributed by atoms with Crippen molar-refractivity contribution in [3.63, 3.8) is 0 Å². The molecule has 3 heteroatoms. The van der Waals surface area contributed by atoms with Gasteiger partial charge in [-0.15, -0.1) is 0 Å². The van der Waals surface area contributed by atoms with E-state index in [0.717, 1.165) is 23.5 Å². The minimum absolute atomic E-state index is 0.164. The van der Waals surface area contributed by atoms with Crippen molar-refractivity contribution in [2.45, 2.75) is 25.4 Å². The monoisotopic (exact) mass is 218 g/mol. The van der Waals surface area contributed by atoms with Crippen LogP contribution in [-0.4, -0.2) is 23.0 Å². The van der Waals surface area contributed by atoms with Gasteiger partial charge in [0.1, 0.15) is 5.82 Å². The summed E-state index contributed by atoms with van der Waals surface area (Å²) in [5, 5.41) is 1.01. The van der Waals surface area contributed by atoms with Crippen molar-refractivity contribution in [1.82, 2.24) is 9.88 Å². The number of halogens is 1. The van der Waals surface area contributed by atoms with Crippen molar-refractivity contribution in [2.24, 2.45) is 0 Å². The molecule has 1 saturated carbocycles. The van der Waals surface area contributed by atoms with Crippen molar-refractivity contribution in [1.29, 1.82) is 0 Å². The van der Waals surface area contributed by atoms with E-state index in [4.69, 9.17) is 0 Å². The highest BCUT2D eigenvalue weighted by molar-refractivity contribution is 5.83. The van der Waals surface area contributed by atoms with Crippen LogP contribution in [0.15, 0.2) is 24.4 Å². The number of aromatic amines is 1. The second-order valence-electron chi connectivity index (χ2n) is 4.65. The molecule has 1 fully saturated rings. The molecule has 1 aromatic heterocycles. The Morgan fingerprint density at radius 1 is 1.44 bits per heavy atom. The van der Waals surface area contributed by atoms with Gasteiger partial charge in [-0.3, -0.25) is 4.90 Å². The average Bonchev–Trinajstić information content (AvgIpc) is 3.04. The Kier molecular flexibility index (Phi) is 2.21. The Hall–Kier alpha value is -1.35. The van der Waals surface area contributed by atoms with E-state index in [1.807, 2.05) is 6.20 Å². The third kappa shape index (κ3) is 1.71. The van der Waals surface area contributed by atoms with Crippen LogP contribution in [0.25, 0.3) is 10.9 Å². The first-order valence-electron chi connectivity index (χ1n) is 5.70. The van der Waals surface area contributed by atoms with Crippen LogP contribution >= 0.6 is 0 Å². The minimum atomic E-state index is -0.164. The average molecular weight is 218 g/mol.